The molecule has 27 heavy (non-hydrogen) atoms. The van der Waals surface area contributed by atoms with Gasteiger partial charge in [0.25, 0.3) is 5.91 Å². The number of carbonyl (C=O) groups is 3. The molecule has 0 aromatic heterocycles. The van der Waals surface area contributed by atoms with Gasteiger partial charge in [0.15, 0.2) is 12.4 Å². The molecule has 0 bridgehead atoms. The first-order valence-corrected chi connectivity index (χ1v) is 9.04. The predicted octanol–water partition coefficient (Wildman–Crippen LogP) is 4.20. The van der Waals surface area contributed by atoms with Crippen molar-refractivity contribution in [1.82, 2.24) is 0 Å². The van der Waals surface area contributed by atoms with Crippen LogP contribution in [0.4, 0.5) is 5.69 Å². The SMILES string of the molecule is CC[C@H](C)[C@@H](C(=O)OCC(=O)Nc1cccc(C(C)=O)c1)c1ccccc1. The summed E-state index contributed by atoms with van der Waals surface area (Å²) in [5.74, 6) is -1.26. The third-order valence-electron chi connectivity index (χ3n) is 4.52. The molecule has 2 aromatic carbocycles. The number of rotatable bonds is 8. The third kappa shape index (κ3) is 5.78. The standard InChI is InChI=1S/C22H25NO4/c1-4-15(2)21(17-9-6-5-7-10-17)22(26)27-14-20(25)23-19-12-8-11-18(13-19)16(3)24/h5-13,15,21H,4,14H2,1-3H3,(H,23,25)/t15-,21+/m0/s1. The zero-order valence-electron chi connectivity index (χ0n) is 15.9. The minimum Gasteiger partial charge on any atom is -0.455 e. The van der Waals surface area contributed by atoms with Gasteiger partial charge in [-0.05, 0) is 30.5 Å². The largest absolute Gasteiger partial charge is 0.455 e. The maximum atomic E-state index is 12.6. The average molecular weight is 367 g/mol. The number of esters is 1. The molecule has 0 unspecified atom stereocenters. The molecule has 1 amide bonds. The van der Waals surface area contributed by atoms with Crippen LogP contribution in [0.25, 0.3) is 0 Å². The molecule has 1 N–H and O–H groups in total. The van der Waals surface area contributed by atoms with Crippen molar-refractivity contribution < 1.29 is 19.1 Å². The van der Waals surface area contributed by atoms with Crippen molar-refractivity contribution in [3.05, 3.63) is 65.7 Å². The van der Waals surface area contributed by atoms with E-state index in [9.17, 15) is 14.4 Å². The second-order valence-corrected chi connectivity index (χ2v) is 6.57. The van der Waals surface area contributed by atoms with Crippen LogP contribution in [0.2, 0.25) is 0 Å². The van der Waals surface area contributed by atoms with Gasteiger partial charge in [-0.1, -0.05) is 62.7 Å². The molecule has 0 heterocycles. The van der Waals surface area contributed by atoms with E-state index < -0.39 is 17.8 Å². The fourth-order valence-corrected chi connectivity index (χ4v) is 2.83. The van der Waals surface area contributed by atoms with Gasteiger partial charge in [0.05, 0.1) is 5.92 Å². The number of amides is 1. The van der Waals surface area contributed by atoms with Crippen LogP contribution in [0, 0.1) is 5.92 Å². The number of hydrogen-bond acceptors (Lipinski definition) is 4. The minimum atomic E-state index is -0.444. The Balaban J connectivity index is 1.99. The van der Waals surface area contributed by atoms with E-state index in [1.807, 2.05) is 44.2 Å². The van der Waals surface area contributed by atoms with Crippen LogP contribution < -0.4 is 5.32 Å². The van der Waals surface area contributed by atoms with Crippen molar-refractivity contribution in [1.29, 1.82) is 0 Å². The number of Topliss-reactive ketones (excluding diaryl/α,β-unsaturated/α-hetero) is 1. The Morgan fingerprint density at radius 1 is 1.04 bits per heavy atom. The second-order valence-electron chi connectivity index (χ2n) is 6.57. The Morgan fingerprint density at radius 2 is 1.74 bits per heavy atom. The summed E-state index contributed by atoms with van der Waals surface area (Å²) in [5, 5.41) is 2.65. The lowest BCUT2D eigenvalue weighted by molar-refractivity contribution is -0.150. The van der Waals surface area contributed by atoms with Gasteiger partial charge in [-0.25, -0.2) is 0 Å². The van der Waals surface area contributed by atoms with Gasteiger partial charge in [0.2, 0.25) is 0 Å². The maximum absolute atomic E-state index is 12.6. The number of ketones is 1. The first-order valence-electron chi connectivity index (χ1n) is 9.04. The van der Waals surface area contributed by atoms with E-state index in [-0.39, 0.29) is 18.3 Å². The van der Waals surface area contributed by atoms with Gasteiger partial charge in [0, 0.05) is 11.3 Å². The fraction of sp³-hybridized carbons (Fsp3) is 0.318. The molecule has 142 valence electrons. The second kappa shape index (κ2) is 9.67. The van der Waals surface area contributed by atoms with E-state index in [1.165, 1.54) is 6.92 Å². The lowest BCUT2D eigenvalue weighted by Gasteiger charge is -2.21. The zero-order valence-corrected chi connectivity index (χ0v) is 15.9. The molecule has 2 atom stereocenters. The van der Waals surface area contributed by atoms with Gasteiger partial charge in [-0.15, -0.1) is 0 Å². The topological polar surface area (TPSA) is 72.5 Å². The highest BCUT2D eigenvalue weighted by molar-refractivity contribution is 5.97. The maximum Gasteiger partial charge on any atom is 0.314 e. The van der Waals surface area contributed by atoms with E-state index >= 15 is 0 Å². The number of benzene rings is 2. The third-order valence-corrected chi connectivity index (χ3v) is 4.52. The minimum absolute atomic E-state index is 0.0863. The molecule has 5 nitrogen and oxygen atoms in total. The molecule has 0 radical (unpaired) electrons. The lowest BCUT2D eigenvalue weighted by atomic mass is 9.86. The van der Waals surface area contributed by atoms with E-state index in [1.54, 1.807) is 24.3 Å². The highest BCUT2D eigenvalue weighted by atomic mass is 16.5. The van der Waals surface area contributed by atoms with Crippen molar-refractivity contribution in [2.45, 2.75) is 33.1 Å². The summed E-state index contributed by atoms with van der Waals surface area (Å²) in [6.45, 7) is 5.10. The van der Waals surface area contributed by atoms with Crippen molar-refractivity contribution in [3.63, 3.8) is 0 Å². The molecule has 0 aliphatic carbocycles. The molecular formula is C22H25NO4. The van der Waals surface area contributed by atoms with Crippen LogP contribution in [0.1, 0.15) is 49.0 Å². The summed E-state index contributed by atoms with van der Waals surface area (Å²) in [6.07, 6.45) is 0.818. The smallest absolute Gasteiger partial charge is 0.314 e. The molecule has 0 fully saturated rings. The molecule has 5 heteroatoms. The van der Waals surface area contributed by atoms with Crippen LogP contribution in [-0.2, 0) is 14.3 Å². The van der Waals surface area contributed by atoms with E-state index in [2.05, 4.69) is 5.32 Å². The van der Waals surface area contributed by atoms with Crippen molar-refractivity contribution in [2.24, 2.45) is 5.92 Å². The van der Waals surface area contributed by atoms with E-state index in [0.717, 1.165) is 12.0 Å². The number of hydrogen-bond donors (Lipinski definition) is 1. The summed E-state index contributed by atoms with van der Waals surface area (Å²) in [5.41, 5.74) is 1.88. The van der Waals surface area contributed by atoms with E-state index in [0.29, 0.717) is 11.3 Å². The molecule has 0 aliphatic heterocycles. The highest BCUT2D eigenvalue weighted by Crippen LogP contribution is 2.28. The van der Waals surface area contributed by atoms with Crippen LogP contribution in [0.15, 0.2) is 54.6 Å². The average Bonchev–Trinajstić information content (AvgIpc) is 2.67. The van der Waals surface area contributed by atoms with Gasteiger partial charge in [-0.2, -0.15) is 0 Å². The summed E-state index contributed by atoms with van der Waals surface area (Å²) in [6, 6.07) is 16.1. The van der Waals surface area contributed by atoms with Crippen molar-refractivity contribution in [3.8, 4) is 0 Å². The van der Waals surface area contributed by atoms with Crippen LogP contribution in [0.3, 0.4) is 0 Å². The van der Waals surface area contributed by atoms with Crippen molar-refractivity contribution in [2.75, 3.05) is 11.9 Å². The van der Waals surface area contributed by atoms with Crippen LogP contribution >= 0.6 is 0 Å². The zero-order chi connectivity index (χ0) is 19.8. The molecule has 0 saturated heterocycles. The van der Waals surface area contributed by atoms with Gasteiger partial charge in [-0.3, -0.25) is 14.4 Å². The molecule has 0 spiro atoms. The van der Waals surface area contributed by atoms with Gasteiger partial charge in [0.1, 0.15) is 0 Å². The first kappa shape index (κ1) is 20.4. The van der Waals surface area contributed by atoms with E-state index in [4.69, 9.17) is 4.74 Å². The Labute approximate surface area is 159 Å². The summed E-state index contributed by atoms with van der Waals surface area (Å²) in [7, 11) is 0. The highest BCUT2D eigenvalue weighted by Gasteiger charge is 2.27. The Morgan fingerprint density at radius 3 is 2.37 bits per heavy atom. The lowest BCUT2D eigenvalue weighted by Crippen LogP contribution is -2.27. The molecular weight excluding hydrogens is 342 g/mol. The number of carbonyl (C=O) groups excluding carboxylic acids is 3. The Kier molecular flexibility index (Phi) is 7.29. The fourth-order valence-electron chi connectivity index (χ4n) is 2.83. The molecule has 2 rings (SSSR count). The summed E-state index contributed by atoms with van der Waals surface area (Å²) in [4.78, 5) is 36.1. The van der Waals surface area contributed by atoms with Crippen LogP contribution in [-0.4, -0.2) is 24.3 Å². The number of anilines is 1. The van der Waals surface area contributed by atoms with Gasteiger partial charge < -0.3 is 10.1 Å². The number of nitrogens with one attached hydrogen (secondary N) is 1. The predicted molar refractivity (Wildman–Crippen MR) is 105 cm³/mol. The molecule has 0 saturated carbocycles. The Bertz CT molecular complexity index is 801. The molecule has 0 aliphatic rings. The monoisotopic (exact) mass is 367 g/mol. The van der Waals surface area contributed by atoms with Crippen LogP contribution in [0.5, 0.6) is 0 Å². The summed E-state index contributed by atoms with van der Waals surface area (Å²) >= 11 is 0. The number of ether oxygens (including phenoxy) is 1. The quantitative estimate of drug-likeness (QED) is 0.561. The Hall–Kier alpha value is -2.95. The van der Waals surface area contributed by atoms with Gasteiger partial charge >= 0.3 is 5.97 Å². The normalized spacial score (nSPS) is 12.7. The van der Waals surface area contributed by atoms with Crippen molar-refractivity contribution >= 4 is 23.3 Å². The molecule has 2 aromatic rings. The first-order chi connectivity index (χ1) is 12.9. The summed E-state index contributed by atoms with van der Waals surface area (Å²) < 4.78 is 5.28.